The van der Waals surface area contributed by atoms with Gasteiger partial charge in [-0.1, -0.05) is 0 Å². The summed E-state index contributed by atoms with van der Waals surface area (Å²) in [6.07, 6.45) is 5.67. The average molecular weight is 221 g/mol. The smallest absolute Gasteiger partial charge is 0.252 e. The van der Waals surface area contributed by atoms with Gasteiger partial charge in [0, 0.05) is 18.9 Å². The van der Waals surface area contributed by atoms with Crippen molar-refractivity contribution in [1.29, 1.82) is 0 Å². The molecule has 0 atom stereocenters. The molecule has 1 amide bonds. The molecule has 1 heterocycles. The van der Waals surface area contributed by atoms with Gasteiger partial charge < -0.3 is 16.2 Å². The Bertz CT molecular complexity index is 402. The monoisotopic (exact) mass is 221 g/mol. The zero-order valence-electron chi connectivity index (χ0n) is 8.94. The lowest BCUT2D eigenvalue weighted by atomic mass is 9.80. The van der Waals surface area contributed by atoms with E-state index in [-0.39, 0.29) is 0 Å². The topological polar surface area (TPSA) is 88.2 Å². The maximum atomic E-state index is 11.1. The number of hydrogen-bond donors (Lipinski definition) is 3. The first-order chi connectivity index (χ1) is 7.61. The van der Waals surface area contributed by atoms with Crippen LogP contribution in [0.4, 0.5) is 5.69 Å². The van der Waals surface area contributed by atoms with Gasteiger partial charge >= 0.3 is 0 Å². The summed E-state index contributed by atoms with van der Waals surface area (Å²) in [4.78, 5) is 15.0. The SMILES string of the molecule is NC(=O)c1cnccc1NCC1(O)CCC1. The maximum absolute atomic E-state index is 11.1. The van der Waals surface area contributed by atoms with Gasteiger partial charge in [-0.2, -0.15) is 0 Å². The number of anilines is 1. The third-order valence-corrected chi connectivity index (χ3v) is 2.98. The minimum atomic E-state index is -0.627. The number of carbonyl (C=O) groups excluding carboxylic acids is 1. The van der Waals surface area contributed by atoms with Crippen LogP contribution in [-0.4, -0.2) is 28.1 Å². The van der Waals surface area contributed by atoms with E-state index in [0.717, 1.165) is 19.3 Å². The summed E-state index contributed by atoms with van der Waals surface area (Å²) >= 11 is 0. The number of pyridine rings is 1. The molecule has 1 aromatic heterocycles. The van der Waals surface area contributed by atoms with Crippen molar-refractivity contribution in [3.8, 4) is 0 Å². The third-order valence-electron chi connectivity index (χ3n) is 2.98. The highest BCUT2D eigenvalue weighted by Gasteiger charge is 2.34. The van der Waals surface area contributed by atoms with Gasteiger partial charge in [0.25, 0.3) is 5.91 Å². The predicted molar refractivity (Wildman–Crippen MR) is 60.0 cm³/mol. The predicted octanol–water partition coefficient (Wildman–Crippen LogP) is 0.507. The fourth-order valence-corrected chi connectivity index (χ4v) is 1.77. The molecule has 4 N–H and O–H groups in total. The Morgan fingerprint density at radius 2 is 2.38 bits per heavy atom. The van der Waals surface area contributed by atoms with Gasteiger partial charge in [0.15, 0.2) is 0 Å². The van der Waals surface area contributed by atoms with Crippen LogP contribution in [0.15, 0.2) is 18.5 Å². The van der Waals surface area contributed by atoms with Crippen molar-refractivity contribution in [1.82, 2.24) is 4.98 Å². The molecule has 0 aliphatic heterocycles. The van der Waals surface area contributed by atoms with Gasteiger partial charge in [-0.25, -0.2) is 0 Å². The van der Waals surface area contributed by atoms with Crippen LogP contribution in [0.1, 0.15) is 29.6 Å². The first-order valence-corrected chi connectivity index (χ1v) is 5.31. The van der Waals surface area contributed by atoms with E-state index in [1.807, 2.05) is 0 Å². The number of hydrogen-bond acceptors (Lipinski definition) is 4. The lowest BCUT2D eigenvalue weighted by Gasteiger charge is -2.37. The minimum absolute atomic E-state index is 0.352. The summed E-state index contributed by atoms with van der Waals surface area (Å²) in [6.45, 7) is 0.442. The highest BCUT2D eigenvalue weighted by atomic mass is 16.3. The van der Waals surface area contributed by atoms with Crippen molar-refractivity contribution in [2.75, 3.05) is 11.9 Å². The molecule has 0 bridgehead atoms. The van der Waals surface area contributed by atoms with Crippen LogP contribution in [0, 0.1) is 0 Å². The molecular weight excluding hydrogens is 206 g/mol. The summed E-state index contributed by atoms with van der Waals surface area (Å²) in [7, 11) is 0. The molecule has 5 nitrogen and oxygen atoms in total. The number of rotatable bonds is 4. The van der Waals surface area contributed by atoms with E-state index >= 15 is 0 Å². The van der Waals surface area contributed by atoms with Gasteiger partial charge in [0.05, 0.1) is 16.9 Å². The molecule has 0 aromatic carbocycles. The number of aliphatic hydroxyl groups is 1. The van der Waals surface area contributed by atoms with Crippen molar-refractivity contribution in [3.63, 3.8) is 0 Å². The zero-order chi connectivity index (χ0) is 11.6. The lowest BCUT2D eigenvalue weighted by Crippen LogP contribution is -2.43. The summed E-state index contributed by atoms with van der Waals surface area (Å²) in [5.41, 5.74) is 5.57. The molecule has 5 heteroatoms. The second-order valence-corrected chi connectivity index (χ2v) is 4.22. The van der Waals surface area contributed by atoms with Gasteiger partial charge in [0.1, 0.15) is 0 Å². The van der Waals surface area contributed by atoms with E-state index < -0.39 is 11.5 Å². The number of nitrogens with two attached hydrogens (primary N) is 1. The average Bonchev–Trinajstić information content (AvgIpc) is 2.24. The lowest BCUT2D eigenvalue weighted by molar-refractivity contribution is -0.0202. The van der Waals surface area contributed by atoms with Crippen molar-refractivity contribution >= 4 is 11.6 Å². The van der Waals surface area contributed by atoms with Crippen LogP contribution in [0.5, 0.6) is 0 Å². The quantitative estimate of drug-likeness (QED) is 0.691. The van der Waals surface area contributed by atoms with E-state index in [1.165, 1.54) is 6.20 Å². The molecular formula is C11H15N3O2. The first-order valence-electron chi connectivity index (χ1n) is 5.31. The molecule has 0 unspecified atom stereocenters. The molecule has 0 saturated heterocycles. The number of carbonyl (C=O) groups is 1. The molecule has 1 saturated carbocycles. The Kier molecular flexibility index (Phi) is 2.78. The Hall–Kier alpha value is -1.62. The molecule has 86 valence electrons. The Balaban J connectivity index is 2.06. The van der Waals surface area contributed by atoms with Crippen molar-refractivity contribution < 1.29 is 9.90 Å². The van der Waals surface area contributed by atoms with E-state index in [4.69, 9.17) is 5.73 Å². The van der Waals surface area contributed by atoms with Crippen LogP contribution >= 0.6 is 0 Å². The highest BCUT2D eigenvalue weighted by molar-refractivity contribution is 5.98. The zero-order valence-corrected chi connectivity index (χ0v) is 8.94. The number of nitrogens with zero attached hydrogens (tertiary/aromatic N) is 1. The van der Waals surface area contributed by atoms with Gasteiger partial charge in [0.2, 0.25) is 0 Å². The summed E-state index contributed by atoms with van der Waals surface area (Å²) in [5, 5.41) is 13.0. The van der Waals surface area contributed by atoms with E-state index in [0.29, 0.717) is 17.8 Å². The highest BCUT2D eigenvalue weighted by Crippen LogP contribution is 2.31. The fourth-order valence-electron chi connectivity index (χ4n) is 1.77. The number of primary amides is 1. The Morgan fingerprint density at radius 3 is 2.94 bits per heavy atom. The van der Waals surface area contributed by atoms with E-state index in [2.05, 4.69) is 10.3 Å². The van der Waals surface area contributed by atoms with Crippen LogP contribution < -0.4 is 11.1 Å². The van der Waals surface area contributed by atoms with Gasteiger partial charge in [-0.05, 0) is 25.3 Å². The van der Waals surface area contributed by atoms with E-state index in [1.54, 1.807) is 12.3 Å². The molecule has 0 spiro atoms. The van der Waals surface area contributed by atoms with Crippen molar-refractivity contribution in [2.24, 2.45) is 5.73 Å². The fraction of sp³-hybridized carbons (Fsp3) is 0.455. The van der Waals surface area contributed by atoms with Crippen LogP contribution in [-0.2, 0) is 0 Å². The van der Waals surface area contributed by atoms with Crippen LogP contribution in [0.2, 0.25) is 0 Å². The molecule has 1 aliphatic carbocycles. The second-order valence-electron chi connectivity index (χ2n) is 4.22. The number of aromatic nitrogens is 1. The molecule has 1 aromatic rings. The largest absolute Gasteiger partial charge is 0.388 e. The summed E-state index contributed by atoms with van der Waals surface area (Å²) in [5.74, 6) is -0.517. The molecule has 16 heavy (non-hydrogen) atoms. The maximum Gasteiger partial charge on any atom is 0.252 e. The molecule has 2 rings (SSSR count). The Labute approximate surface area is 93.7 Å². The van der Waals surface area contributed by atoms with Gasteiger partial charge in [-0.15, -0.1) is 0 Å². The van der Waals surface area contributed by atoms with E-state index in [9.17, 15) is 9.90 Å². The normalized spacial score (nSPS) is 17.6. The van der Waals surface area contributed by atoms with Crippen molar-refractivity contribution in [2.45, 2.75) is 24.9 Å². The summed E-state index contributed by atoms with van der Waals surface area (Å²) in [6, 6.07) is 1.68. The first kappa shape index (κ1) is 10.9. The standard InChI is InChI=1S/C11H15N3O2/c12-10(15)8-6-13-5-2-9(8)14-7-11(16)3-1-4-11/h2,5-6,16H,1,3-4,7H2,(H2,12,15)(H,13,14). The third kappa shape index (κ3) is 2.14. The Morgan fingerprint density at radius 1 is 1.62 bits per heavy atom. The van der Waals surface area contributed by atoms with Crippen LogP contribution in [0.25, 0.3) is 0 Å². The van der Waals surface area contributed by atoms with Crippen LogP contribution in [0.3, 0.4) is 0 Å². The van der Waals surface area contributed by atoms with Crippen molar-refractivity contribution in [3.05, 3.63) is 24.0 Å². The second kappa shape index (κ2) is 4.09. The molecule has 0 radical (unpaired) electrons. The molecule has 1 fully saturated rings. The number of amides is 1. The van der Waals surface area contributed by atoms with Gasteiger partial charge in [-0.3, -0.25) is 9.78 Å². The summed E-state index contributed by atoms with van der Waals surface area (Å²) < 4.78 is 0. The molecule has 1 aliphatic rings. The number of nitrogens with one attached hydrogen (secondary N) is 1. The minimum Gasteiger partial charge on any atom is -0.388 e.